The Balaban J connectivity index is 1.99. The molecule has 1 nitrogen and oxygen atoms in total. The summed E-state index contributed by atoms with van der Waals surface area (Å²) in [5.41, 5.74) is 2.41. The van der Waals surface area contributed by atoms with Gasteiger partial charge in [-0.25, -0.2) is 0 Å². The maximum Gasteiger partial charge on any atom is 0.0567 e. The molecule has 1 aliphatic heterocycles. The van der Waals surface area contributed by atoms with E-state index >= 15 is 0 Å². The van der Waals surface area contributed by atoms with Gasteiger partial charge in [0, 0.05) is 17.0 Å². The van der Waals surface area contributed by atoms with E-state index < -0.39 is 0 Å². The van der Waals surface area contributed by atoms with Crippen molar-refractivity contribution in [2.24, 2.45) is 22.2 Å². The van der Waals surface area contributed by atoms with Gasteiger partial charge in [0.15, 0.2) is 0 Å². The van der Waals surface area contributed by atoms with Gasteiger partial charge < -0.3 is 0 Å². The predicted molar refractivity (Wildman–Crippen MR) is 34.5 cm³/mol. The summed E-state index contributed by atoms with van der Waals surface area (Å²) in [5.74, 6) is 2.15. The number of nitrogens with zero attached hydrogens (tertiary/aromatic N) is 1. The van der Waals surface area contributed by atoms with Crippen LogP contribution < -0.4 is 0 Å². The lowest BCUT2D eigenvalue weighted by Gasteiger charge is -2.29. The van der Waals surface area contributed by atoms with E-state index in [1.165, 1.54) is 19.3 Å². The molecule has 4 aliphatic rings. The zero-order valence-corrected chi connectivity index (χ0v) is 5.30. The Morgan fingerprint density at radius 3 is 3.11 bits per heavy atom. The number of hydrogen-bond donors (Lipinski definition) is 0. The molecule has 0 amide bonds. The van der Waals surface area contributed by atoms with Gasteiger partial charge in [-0.15, -0.1) is 0 Å². The summed E-state index contributed by atoms with van der Waals surface area (Å²) < 4.78 is 0. The summed E-state index contributed by atoms with van der Waals surface area (Å²) in [6.07, 6.45) is 4.36. The van der Waals surface area contributed by atoms with Gasteiger partial charge in [0.25, 0.3) is 0 Å². The topological polar surface area (TPSA) is 12.4 Å². The molecule has 0 N–H and O–H groups in total. The van der Waals surface area contributed by atoms with E-state index in [0.29, 0.717) is 0 Å². The summed E-state index contributed by atoms with van der Waals surface area (Å²) in [5, 5.41) is 0. The molecule has 0 aromatic heterocycles. The Morgan fingerprint density at radius 2 is 2.56 bits per heavy atom. The fraction of sp³-hybridized carbons (Fsp3) is 0.875. The van der Waals surface area contributed by atoms with Gasteiger partial charge in [-0.2, -0.15) is 0 Å². The zero-order valence-electron chi connectivity index (χ0n) is 5.30. The Morgan fingerprint density at radius 1 is 1.56 bits per heavy atom. The SMILES string of the molecule is C1C2CC23C1N=C1CC13. The van der Waals surface area contributed by atoms with Crippen LogP contribution in [0.5, 0.6) is 0 Å². The highest BCUT2D eigenvalue weighted by atomic mass is 15.0. The second-order valence-electron chi connectivity index (χ2n) is 4.14. The van der Waals surface area contributed by atoms with Crippen molar-refractivity contribution in [1.82, 2.24) is 0 Å². The standard InChI is InChI=1S/C8H9N/c1-4-3-8(4)5-2-6(5)9-7(1)8/h4-5,7H,1-3H2. The first kappa shape index (κ1) is 3.75. The van der Waals surface area contributed by atoms with Crippen LogP contribution in [0.3, 0.4) is 0 Å². The molecule has 4 rings (SSSR count). The van der Waals surface area contributed by atoms with Crippen LogP contribution >= 0.6 is 0 Å². The molecule has 3 saturated carbocycles. The molecule has 9 heavy (non-hydrogen) atoms. The smallest absolute Gasteiger partial charge is 0.0567 e. The molecule has 0 radical (unpaired) electrons. The lowest BCUT2D eigenvalue weighted by atomic mass is 9.77. The minimum Gasteiger partial charge on any atom is -0.290 e. The van der Waals surface area contributed by atoms with Gasteiger partial charge in [-0.3, -0.25) is 4.99 Å². The lowest BCUT2D eigenvalue weighted by Crippen LogP contribution is -2.31. The normalized spacial score (nSPS) is 71.1. The number of hydrogen-bond acceptors (Lipinski definition) is 1. The molecule has 0 aromatic carbocycles. The molecule has 1 heteroatoms. The molecular formula is C8H9N. The third-order valence-corrected chi connectivity index (χ3v) is 3.95. The Hall–Kier alpha value is -0.330. The van der Waals surface area contributed by atoms with E-state index in [2.05, 4.69) is 4.99 Å². The molecule has 3 aliphatic carbocycles. The van der Waals surface area contributed by atoms with E-state index in [1.807, 2.05) is 0 Å². The number of aliphatic imine (C=N–C) groups is 1. The second kappa shape index (κ2) is 0.727. The Bertz CT molecular complexity index is 243. The van der Waals surface area contributed by atoms with Gasteiger partial charge in [0.2, 0.25) is 0 Å². The van der Waals surface area contributed by atoms with Gasteiger partial charge in [0.1, 0.15) is 0 Å². The van der Waals surface area contributed by atoms with E-state index in [1.54, 1.807) is 5.71 Å². The molecular weight excluding hydrogens is 110 g/mol. The van der Waals surface area contributed by atoms with Gasteiger partial charge >= 0.3 is 0 Å². The van der Waals surface area contributed by atoms with Crippen LogP contribution in [0.25, 0.3) is 0 Å². The monoisotopic (exact) mass is 119 g/mol. The van der Waals surface area contributed by atoms with E-state index in [9.17, 15) is 0 Å². The molecule has 4 atom stereocenters. The third-order valence-electron chi connectivity index (χ3n) is 3.95. The second-order valence-corrected chi connectivity index (χ2v) is 4.14. The van der Waals surface area contributed by atoms with Gasteiger partial charge in [0.05, 0.1) is 6.04 Å². The van der Waals surface area contributed by atoms with Crippen molar-refractivity contribution in [3.63, 3.8) is 0 Å². The summed E-state index contributed by atoms with van der Waals surface area (Å²) in [4.78, 5) is 4.66. The van der Waals surface area contributed by atoms with Crippen LogP contribution in [-0.4, -0.2) is 11.8 Å². The summed E-state index contributed by atoms with van der Waals surface area (Å²) in [6.45, 7) is 0. The van der Waals surface area contributed by atoms with Gasteiger partial charge in [-0.05, 0) is 25.2 Å². The zero-order chi connectivity index (χ0) is 5.64. The average Bonchev–Trinajstić information content (AvgIpc) is 2.51. The van der Waals surface area contributed by atoms with Crippen molar-refractivity contribution in [3.05, 3.63) is 0 Å². The largest absolute Gasteiger partial charge is 0.290 e. The molecule has 0 saturated heterocycles. The highest BCUT2D eigenvalue weighted by Gasteiger charge is 2.78. The summed E-state index contributed by atoms with van der Waals surface area (Å²) in [7, 11) is 0. The maximum atomic E-state index is 4.66. The van der Waals surface area contributed by atoms with E-state index in [0.717, 1.165) is 23.3 Å². The first-order valence-corrected chi connectivity index (χ1v) is 3.98. The van der Waals surface area contributed by atoms with Crippen LogP contribution in [0.15, 0.2) is 4.99 Å². The summed E-state index contributed by atoms with van der Waals surface area (Å²) >= 11 is 0. The van der Waals surface area contributed by atoms with Crippen molar-refractivity contribution >= 4 is 5.71 Å². The van der Waals surface area contributed by atoms with Crippen LogP contribution in [0.2, 0.25) is 0 Å². The minimum atomic E-state index is 0.829. The molecule has 46 valence electrons. The molecule has 1 heterocycles. The molecule has 0 bridgehead atoms. The Kier molecular flexibility index (Phi) is 0.302. The minimum absolute atomic E-state index is 0.829. The van der Waals surface area contributed by atoms with E-state index in [-0.39, 0.29) is 0 Å². The van der Waals surface area contributed by atoms with Crippen LogP contribution in [0, 0.1) is 17.3 Å². The van der Waals surface area contributed by atoms with Crippen molar-refractivity contribution in [2.45, 2.75) is 25.3 Å². The first-order valence-electron chi connectivity index (χ1n) is 3.98. The Labute approximate surface area is 54.2 Å². The number of rotatable bonds is 0. The fourth-order valence-corrected chi connectivity index (χ4v) is 3.23. The van der Waals surface area contributed by atoms with Gasteiger partial charge in [-0.1, -0.05) is 0 Å². The van der Waals surface area contributed by atoms with E-state index in [4.69, 9.17) is 0 Å². The van der Waals surface area contributed by atoms with Crippen LogP contribution in [0.4, 0.5) is 0 Å². The molecule has 1 spiro atoms. The average molecular weight is 119 g/mol. The fourth-order valence-electron chi connectivity index (χ4n) is 3.23. The third kappa shape index (κ3) is 0.205. The van der Waals surface area contributed by atoms with Crippen LogP contribution in [0.1, 0.15) is 19.3 Å². The van der Waals surface area contributed by atoms with Crippen molar-refractivity contribution in [1.29, 1.82) is 0 Å². The van der Waals surface area contributed by atoms with Crippen LogP contribution in [-0.2, 0) is 0 Å². The van der Waals surface area contributed by atoms with Crippen molar-refractivity contribution in [3.8, 4) is 0 Å². The summed E-state index contributed by atoms with van der Waals surface area (Å²) in [6, 6.07) is 0.830. The van der Waals surface area contributed by atoms with Crippen molar-refractivity contribution < 1.29 is 0 Å². The highest BCUT2D eigenvalue weighted by molar-refractivity contribution is 6.05. The first-order chi connectivity index (χ1) is 4.41. The highest BCUT2D eigenvalue weighted by Crippen LogP contribution is 2.79. The molecule has 3 fully saturated rings. The molecule has 0 aromatic rings. The maximum absolute atomic E-state index is 4.66. The molecule has 4 unspecified atom stereocenters. The quantitative estimate of drug-likeness (QED) is 0.455. The predicted octanol–water partition coefficient (Wildman–Crippen LogP) is 1.24. The van der Waals surface area contributed by atoms with Crippen molar-refractivity contribution in [2.75, 3.05) is 0 Å². The lowest BCUT2D eigenvalue weighted by molar-refractivity contribution is 0.229. The number of fused-ring (bicyclic) bond motifs is 1.